The monoisotopic (exact) mass is 518 g/mol. The van der Waals surface area contributed by atoms with Gasteiger partial charge < -0.3 is 5.32 Å². The van der Waals surface area contributed by atoms with Crippen LogP contribution in [0.2, 0.25) is 0 Å². The number of aryl methyl sites for hydroxylation is 2. The van der Waals surface area contributed by atoms with Gasteiger partial charge in [-0.2, -0.15) is 26.7 Å². The van der Waals surface area contributed by atoms with Gasteiger partial charge in [0, 0.05) is 17.6 Å². The normalized spacial score (nSPS) is 14.8. The van der Waals surface area contributed by atoms with Crippen molar-refractivity contribution >= 4 is 44.3 Å². The third-order valence-corrected chi connectivity index (χ3v) is 7.41. The Bertz CT molecular complexity index is 1400. The van der Waals surface area contributed by atoms with Crippen LogP contribution in [-0.4, -0.2) is 53.0 Å². The van der Waals surface area contributed by atoms with Gasteiger partial charge in [0.25, 0.3) is 5.91 Å². The van der Waals surface area contributed by atoms with Crippen LogP contribution in [-0.2, 0) is 16.6 Å². The Morgan fingerprint density at radius 3 is 2.59 bits per heavy atom. The zero-order chi connectivity index (χ0) is 24.8. The van der Waals surface area contributed by atoms with E-state index in [0.717, 1.165) is 16.0 Å². The maximum Gasteiger partial charge on any atom is 0.516 e. The van der Waals surface area contributed by atoms with Crippen molar-refractivity contribution < 1.29 is 30.8 Å². The van der Waals surface area contributed by atoms with Crippen molar-refractivity contribution in [1.29, 1.82) is 0 Å². The summed E-state index contributed by atoms with van der Waals surface area (Å²) in [7, 11) is -5.55. The number of hydrogen-bond donors (Lipinski definition) is 1. The average Bonchev–Trinajstić information content (AvgIpc) is 3.25. The van der Waals surface area contributed by atoms with Gasteiger partial charge in [0.05, 0.1) is 24.5 Å². The number of benzene rings is 1. The van der Waals surface area contributed by atoms with Crippen LogP contribution >= 0.6 is 11.3 Å². The average molecular weight is 519 g/mol. The molecule has 3 heterocycles. The molecule has 0 aliphatic carbocycles. The largest absolute Gasteiger partial charge is 0.516 e. The molecule has 0 saturated carbocycles. The number of halogens is 4. The second kappa shape index (κ2) is 8.54. The molecule has 2 aromatic heterocycles. The lowest BCUT2D eigenvalue weighted by Crippen LogP contribution is -2.46. The fourth-order valence-electron chi connectivity index (χ4n) is 3.40. The van der Waals surface area contributed by atoms with Crippen molar-refractivity contribution in [3.8, 4) is 0 Å². The highest BCUT2D eigenvalue weighted by molar-refractivity contribution is 7.90. The number of carbonyl (C=O) groups is 1. The molecule has 182 valence electrons. The van der Waals surface area contributed by atoms with Crippen LogP contribution in [0.1, 0.15) is 26.6 Å². The molecule has 4 rings (SSSR count). The number of nitrogens with one attached hydrogen (secondary N) is 1. The molecule has 0 radical (unpaired) electrons. The van der Waals surface area contributed by atoms with E-state index in [2.05, 4.69) is 15.4 Å². The molecule has 15 heteroatoms. The summed E-state index contributed by atoms with van der Waals surface area (Å²) >= 11 is 1.45. The fraction of sp³-hybridized carbons (Fsp3) is 0.316. The second-order valence-corrected chi connectivity index (χ2v) is 10.5. The minimum atomic E-state index is -5.55. The number of hydrazone groups is 1. The highest BCUT2D eigenvalue weighted by atomic mass is 32.2. The summed E-state index contributed by atoms with van der Waals surface area (Å²) < 4.78 is 77.3. The van der Waals surface area contributed by atoms with E-state index in [0.29, 0.717) is 28.3 Å². The van der Waals surface area contributed by atoms with Gasteiger partial charge in [0.2, 0.25) is 0 Å². The van der Waals surface area contributed by atoms with Gasteiger partial charge in [-0.25, -0.2) is 13.7 Å². The lowest BCUT2D eigenvalue weighted by atomic mass is 10.2. The first kappa shape index (κ1) is 23.9. The maximum absolute atomic E-state index is 14.7. The highest BCUT2D eigenvalue weighted by Gasteiger charge is 2.50. The minimum Gasteiger partial charge on any atom is -0.347 e. The van der Waals surface area contributed by atoms with Crippen LogP contribution in [0.5, 0.6) is 0 Å². The molecule has 0 spiro atoms. The fourth-order valence-corrected chi connectivity index (χ4v) is 5.03. The summed E-state index contributed by atoms with van der Waals surface area (Å²) in [5.74, 6) is -1.11. The summed E-state index contributed by atoms with van der Waals surface area (Å²) in [6.07, 6.45) is 2.31. The van der Waals surface area contributed by atoms with Crippen LogP contribution in [0, 0.1) is 19.7 Å². The number of anilines is 1. The molecule has 0 fully saturated rings. The summed E-state index contributed by atoms with van der Waals surface area (Å²) in [5, 5.41) is 7.42. The third-order valence-electron chi connectivity index (χ3n) is 5.03. The molecule has 1 N–H and O–H groups in total. The number of thiazole rings is 1. The van der Waals surface area contributed by atoms with Crippen molar-refractivity contribution in [3.05, 3.63) is 52.0 Å². The lowest BCUT2D eigenvalue weighted by molar-refractivity contribution is -0.0471. The van der Waals surface area contributed by atoms with E-state index in [-0.39, 0.29) is 29.0 Å². The van der Waals surface area contributed by atoms with E-state index in [1.807, 2.05) is 13.1 Å². The summed E-state index contributed by atoms with van der Waals surface area (Å²) in [6, 6.07) is 4.05. The van der Waals surface area contributed by atoms with Gasteiger partial charge in [-0.15, -0.1) is 11.3 Å². The van der Waals surface area contributed by atoms with Crippen molar-refractivity contribution in [2.24, 2.45) is 5.10 Å². The van der Waals surface area contributed by atoms with Crippen molar-refractivity contribution in [3.63, 3.8) is 0 Å². The number of fused-ring (bicyclic) bond motifs is 1. The Kier molecular flexibility index (Phi) is 6.01. The number of aromatic nitrogens is 2. The first-order valence-corrected chi connectivity index (χ1v) is 12.1. The topological polar surface area (TPSA) is 99.4 Å². The van der Waals surface area contributed by atoms with Gasteiger partial charge >= 0.3 is 15.5 Å². The third kappa shape index (κ3) is 4.32. The number of carbonyl (C=O) groups excluding carboxylic acids is 1. The number of hydrogen-bond acceptors (Lipinski definition) is 7. The molecule has 1 aliphatic rings. The minimum absolute atomic E-state index is 0.0205. The smallest absolute Gasteiger partial charge is 0.347 e. The molecular weight excluding hydrogens is 500 g/mol. The number of nitrogens with zero attached hydrogens (tertiary/aromatic N) is 5. The molecular formula is C19H18F4N6O3S2. The molecule has 1 amide bonds. The number of sulfonamides is 1. The molecule has 34 heavy (non-hydrogen) atoms. The van der Waals surface area contributed by atoms with E-state index in [9.17, 15) is 30.8 Å². The zero-order valence-electron chi connectivity index (χ0n) is 17.8. The van der Waals surface area contributed by atoms with Crippen molar-refractivity contribution in [2.75, 3.05) is 18.1 Å². The highest BCUT2D eigenvalue weighted by Crippen LogP contribution is 2.28. The van der Waals surface area contributed by atoms with Crippen molar-refractivity contribution in [2.45, 2.75) is 25.9 Å². The van der Waals surface area contributed by atoms with Crippen molar-refractivity contribution in [1.82, 2.24) is 19.0 Å². The predicted octanol–water partition coefficient (Wildman–Crippen LogP) is 3.00. The molecule has 0 atom stereocenters. The SMILES string of the molecule is Cc1cn2c(C(=O)NCc3ccc(N4CCN(S(=O)(=O)C(F)(F)F)C=N4)c(F)c3)c(C)nc2s1. The van der Waals surface area contributed by atoms with Crippen LogP contribution in [0.15, 0.2) is 29.5 Å². The van der Waals surface area contributed by atoms with Gasteiger partial charge in [0.1, 0.15) is 17.8 Å². The predicted molar refractivity (Wildman–Crippen MR) is 118 cm³/mol. The first-order valence-electron chi connectivity index (χ1n) is 9.80. The molecule has 0 bridgehead atoms. The molecule has 3 aromatic rings. The number of rotatable bonds is 5. The summed E-state index contributed by atoms with van der Waals surface area (Å²) in [5.41, 5.74) is -4.11. The molecule has 0 unspecified atom stereocenters. The molecule has 9 nitrogen and oxygen atoms in total. The maximum atomic E-state index is 14.7. The van der Waals surface area contributed by atoms with E-state index in [1.165, 1.54) is 23.5 Å². The molecule has 1 aliphatic heterocycles. The van der Waals surface area contributed by atoms with E-state index < -0.39 is 27.9 Å². The summed E-state index contributed by atoms with van der Waals surface area (Å²) in [6.45, 7) is 2.81. The molecule has 1 aromatic carbocycles. The Labute approximate surface area is 195 Å². The Morgan fingerprint density at radius 2 is 1.97 bits per heavy atom. The number of amides is 1. The van der Waals surface area contributed by atoms with Gasteiger partial charge in [-0.3, -0.25) is 14.2 Å². The lowest BCUT2D eigenvalue weighted by Gasteiger charge is -2.29. The number of imidazole rings is 1. The van der Waals surface area contributed by atoms with E-state index in [1.54, 1.807) is 11.3 Å². The van der Waals surface area contributed by atoms with E-state index in [4.69, 9.17) is 0 Å². The number of alkyl halides is 3. The Balaban J connectivity index is 1.44. The van der Waals surface area contributed by atoms with Crippen LogP contribution in [0.4, 0.5) is 23.2 Å². The zero-order valence-corrected chi connectivity index (χ0v) is 19.4. The van der Waals surface area contributed by atoms with E-state index >= 15 is 0 Å². The first-order chi connectivity index (χ1) is 15.9. The van der Waals surface area contributed by atoms with Gasteiger partial charge in [0.15, 0.2) is 4.96 Å². The Hall–Kier alpha value is -3.20. The van der Waals surface area contributed by atoms with Crippen LogP contribution < -0.4 is 10.3 Å². The quantitative estimate of drug-likeness (QED) is 0.524. The Morgan fingerprint density at radius 1 is 1.24 bits per heavy atom. The van der Waals surface area contributed by atoms with Gasteiger partial charge in [-0.05, 0) is 31.5 Å². The second-order valence-electron chi connectivity index (χ2n) is 7.42. The van der Waals surface area contributed by atoms with Gasteiger partial charge in [-0.1, -0.05) is 6.07 Å². The standard InChI is InChI=1S/C19H18F4N6O3S2/c1-11-9-28-16(12(2)26-18(28)33-11)17(30)24-8-13-3-4-15(14(20)7-13)29-6-5-27(10-25-29)34(31,32)19(21,22)23/h3-4,7,9-10H,5-6,8H2,1-2H3,(H,24,30). The molecule has 0 saturated heterocycles. The summed E-state index contributed by atoms with van der Waals surface area (Å²) in [4.78, 5) is 18.7. The van der Waals surface area contributed by atoms with Crippen LogP contribution in [0.3, 0.4) is 0 Å². The van der Waals surface area contributed by atoms with Crippen LogP contribution in [0.25, 0.3) is 4.96 Å².